The van der Waals surface area contributed by atoms with E-state index in [-0.39, 0.29) is 11.8 Å². The van der Waals surface area contributed by atoms with Gasteiger partial charge in [-0.05, 0) is 71.2 Å². The van der Waals surface area contributed by atoms with Crippen molar-refractivity contribution in [3.63, 3.8) is 0 Å². The molecule has 1 fully saturated rings. The maximum absolute atomic E-state index is 12.8. The van der Waals surface area contributed by atoms with Gasteiger partial charge in [-0.15, -0.1) is 0 Å². The maximum Gasteiger partial charge on any atom is 0.243 e. The normalized spacial score (nSPS) is 15.4. The van der Waals surface area contributed by atoms with Gasteiger partial charge in [0.05, 0.1) is 6.21 Å². The minimum atomic E-state index is -0.00659. The molecule has 33 heavy (non-hydrogen) atoms. The van der Waals surface area contributed by atoms with Crippen LogP contribution in [0.2, 0.25) is 5.02 Å². The van der Waals surface area contributed by atoms with E-state index in [9.17, 15) is 4.79 Å². The highest BCUT2D eigenvalue weighted by Crippen LogP contribution is 2.27. The van der Waals surface area contributed by atoms with E-state index in [4.69, 9.17) is 11.6 Å². The fourth-order valence-electron chi connectivity index (χ4n) is 4.64. The average molecular weight is 456 g/mol. The third-order valence-electron chi connectivity index (χ3n) is 6.46. The number of rotatable bonds is 5. The lowest BCUT2D eigenvalue weighted by atomic mass is 9.96. The highest BCUT2D eigenvalue weighted by Gasteiger charge is 2.24. The number of benzene rings is 4. The number of piperidine rings is 1. The van der Waals surface area contributed by atoms with Crippen LogP contribution in [0.1, 0.15) is 24.0 Å². The first-order valence-corrected chi connectivity index (χ1v) is 11.8. The Balaban J connectivity index is 1.23. The molecule has 4 aromatic carbocycles. The summed E-state index contributed by atoms with van der Waals surface area (Å²) in [4.78, 5) is 15.1. The number of carbonyl (C=O) groups is 1. The summed E-state index contributed by atoms with van der Waals surface area (Å²) in [6, 6.07) is 26.7. The summed E-state index contributed by atoms with van der Waals surface area (Å²) in [7, 11) is 0. The zero-order valence-corrected chi connectivity index (χ0v) is 19.1. The number of hydrogen-bond acceptors (Lipinski definition) is 3. The van der Waals surface area contributed by atoms with Crippen molar-refractivity contribution in [2.75, 3.05) is 13.1 Å². The Bertz CT molecular complexity index is 1250. The standard InChI is InChI=1S/C28H26ClN3O/c29-24-11-9-20(10-12-24)19-32-15-13-21(14-16-32)28(33)31-30-18-27-25-7-3-1-5-22(25)17-23-6-2-4-8-26(23)27/h1-12,17-18,21H,13-16,19H2,(H,31,33)/b30-18+. The molecule has 0 aliphatic carbocycles. The minimum Gasteiger partial charge on any atom is -0.299 e. The Kier molecular flexibility index (Phi) is 6.38. The Morgan fingerprint density at radius 3 is 2.18 bits per heavy atom. The number of nitrogens with one attached hydrogen (secondary N) is 1. The monoisotopic (exact) mass is 455 g/mol. The maximum atomic E-state index is 12.8. The highest BCUT2D eigenvalue weighted by atomic mass is 35.5. The van der Waals surface area contributed by atoms with Crippen LogP contribution in [-0.2, 0) is 11.3 Å². The van der Waals surface area contributed by atoms with Crippen LogP contribution in [-0.4, -0.2) is 30.1 Å². The fourth-order valence-corrected chi connectivity index (χ4v) is 4.77. The molecule has 0 spiro atoms. The number of carbonyl (C=O) groups excluding carboxylic acids is 1. The van der Waals surface area contributed by atoms with Gasteiger partial charge in [0.1, 0.15) is 0 Å². The summed E-state index contributed by atoms with van der Waals surface area (Å²) < 4.78 is 0. The predicted octanol–water partition coefficient (Wildman–Crippen LogP) is 6.01. The van der Waals surface area contributed by atoms with Crippen molar-refractivity contribution in [3.8, 4) is 0 Å². The lowest BCUT2D eigenvalue weighted by Crippen LogP contribution is -2.39. The van der Waals surface area contributed by atoms with Crippen molar-refractivity contribution in [3.05, 3.63) is 95.0 Å². The molecule has 1 saturated heterocycles. The number of amides is 1. The van der Waals surface area contributed by atoms with E-state index in [1.807, 2.05) is 36.4 Å². The van der Waals surface area contributed by atoms with Gasteiger partial charge in [0, 0.05) is 23.0 Å². The molecule has 5 heteroatoms. The Morgan fingerprint density at radius 1 is 0.939 bits per heavy atom. The Hall–Kier alpha value is -3.21. The van der Waals surface area contributed by atoms with Crippen LogP contribution in [0, 0.1) is 5.92 Å². The summed E-state index contributed by atoms with van der Waals surface area (Å²) >= 11 is 5.98. The second kappa shape index (κ2) is 9.74. The summed E-state index contributed by atoms with van der Waals surface area (Å²) in [6.07, 6.45) is 3.47. The molecule has 0 unspecified atom stereocenters. The lowest BCUT2D eigenvalue weighted by Gasteiger charge is -2.30. The van der Waals surface area contributed by atoms with Crippen molar-refractivity contribution in [1.82, 2.24) is 10.3 Å². The SMILES string of the molecule is O=C(N/N=C/c1c2ccccc2cc2ccccc12)C1CCN(Cc2ccc(Cl)cc2)CC1. The molecule has 1 aliphatic rings. The molecule has 4 aromatic rings. The van der Waals surface area contributed by atoms with Gasteiger partial charge >= 0.3 is 0 Å². The van der Waals surface area contributed by atoms with Crippen LogP contribution in [0.4, 0.5) is 0 Å². The molecular weight excluding hydrogens is 430 g/mol. The van der Waals surface area contributed by atoms with E-state index in [1.165, 1.54) is 5.56 Å². The van der Waals surface area contributed by atoms with Crippen molar-refractivity contribution >= 4 is 45.3 Å². The quantitative estimate of drug-likeness (QED) is 0.227. The zero-order valence-electron chi connectivity index (χ0n) is 18.4. The largest absolute Gasteiger partial charge is 0.299 e. The van der Waals surface area contributed by atoms with Crippen molar-refractivity contribution in [2.24, 2.45) is 11.0 Å². The third kappa shape index (κ3) is 4.92. The molecule has 166 valence electrons. The molecule has 0 radical (unpaired) electrons. The Labute approximate surface area is 198 Å². The van der Waals surface area contributed by atoms with Crippen LogP contribution in [0.25, 0.3) is 21.5 Å². The van der Waals surface area contributed by atoms with E-state index in [0.717, 1.165) is 64.6 Å². The second-order valence-corrected chi connectivity index (χ2v) is 9.08. The fraction of sp³-hybridized carbons (Fsp3) is 0.214. The third-order valence-corrected chi connectivity index (χ3v) is 6.71. The molecule has 1 aliphatic heterocycles. The van der Waals surface area contributed by atoms with Gasteiger partial charge in [-0.1, -0.05) is 72.3 Å². The molecule has 0 atom stereocenters. The van der Waals surface area contributed by atoms with Crippen LogP contribution >= 0.6 is 11.6 Å². The first-order chi connectivity index (χ1) is 16.2. The number of halogens is 1. The van der Waals surface area contributed by atoms with Gasteiger partial charge in [-0.2, -0.15) is 5.10 Å². The molecule has 5 rings (SSSR count). The van der Waals surface area contributed by atoms with E-state index in [2.05, 4.69) is 57.9 Å². The molecular formula is C28H26ClN3O. The Morgan fingerprint density at radius 2 is 1.55 bits per heavy atom. The van der Waals surface area contributed by atoms with E-state index >= 15 is 0 Å². The molecule has 1 amide bonds. The molecule has 0 bridgehead atoms. The van der Waals surface area contributed by atoms with E-state index < -0.39 is 0 Å². The summed E-state index contributed by atoms with van der Waals surface area (Å²) in [5.74, 6) is -0.00480. The van der Waals surface area contributed by atoms with Gasteiger partial charge < -0.3 is 0 Å². The zero-order chi connectivity index (χ0) is 22.6. The topological polar surface area (TPSA) is 44.7 Å². The van der Waals surface area contributed by atoms with Crippen molar-refractivity contribution < 1.29 is 4.79 Å². The van der Waals surface area contributed by atoms with Crippen LogP contribution < -0.4 is 5.43 Å². The average Bonchev–Trinajstić information content (AvgIpc) is 2.85. The molecule has 1 heterocycles. The summed E-state index contributed by atoms with van der Waals surface area (Å²) in [6.45, 7) is 2.69. The smallest absolute Gasteiger partial charge is 0.243 e. The van der Waals surface area contributed by atoms with E-state index in [0.29, 0.717) is 0 Å². The molecule has 1 N–H and O–H groups in total. The summed E-state index contributed by atoms with van der Waals surface area (Å²) in [5, 5.41) is 9.70. The van der Waals surface area contributed by atoms with Crippen LogP contribution in [0.3, 0.4) is 0 Å². The van der Waals surface area contributed by atoms with Gasteiger partial charge in [-0.25, -0.2) is 5.43 Å². The number of hydrazone groups is 1. The second-order valence-electron chi connectivity index (χ2n) is 8.64. The molecule has 4 nitrogen and oxygen atoms in total. The number of hydrogen-bond donors (Lipinski definition) is 1. The van der Waals surface area contributed by atoms with Gasteiger partial charge in [0.2, 0.25) is 5.91 Å². The number of likely N-dealkylation sites (tertiary alicyclic amines) is 1. The molecule has 0 saturated carbocycles. The number of nitrogens with zero attached hydrogens (tertiary/aromatic N) is 2. The summed E-state index contributed by atoms with van der Waals surface area (Å²) in [5.41, 5.74) is 5.07. The molecule has 0 aromatic heterocycles. The minimum absolute atomic E-state index is 0.00179. The lowest BCUT2D eigenvalue weighted by molar-refractivity contribution is -0.126. The van der Waals surface area contributed by atoms with Crippen LogP contribution in [0.15, 0.2) is 84.0 Å². The number of fused-ring (bicyclic) bond motifs is 2. The van der Waals surface area contributed by atoms with Gasteiger partial charge in [-0.3, -0.25) is 9.69 Å². The predicted molar refractivity (Wildman–Crippen MR) is 137 cm³/mol. The van der Waals surface area contributed by atoms with E-state index in [1.54, 1.807) is 6.21 Å². The van der Waals surface area contributed by atoms with Crippen molar-refractivity contribution in [2.45, 2.75) is 19.4 Å². The van der Waals surface area contributed by atoms with Gasteiger partial charge in [0.15, 0.2) is 0 Å². The first-order valence-electron chi connectivity index (χ1n) is 11.4. The first kappa shape index (κ1) is 21.6. The van der Waals surface area contributed by atoms with Crippen molar-refractivity contribution in [1.29, 1.82) is 0 Å². The van der Waals surface area contributed by atoms with Crippen LogP contribution in [0.5, 0.6) is 0 Å². The highest BCUT2D eigenvalue weighted by molar-refractivity contribution is 6.30. The van der Waals surface area contributed by atoms with Gasteiger partial charge in [0.25, 0.3) is 0 Å².